The highest BCUT2D eigenvalue weighted by Gasteiger charge is 2.23. The van der Waals surface area contributed by atoms with Crippen molar-refractivity contribution >= 4 is 17.8 Å². The molecule has 16 heavy (non-hydrogen) atoms. The first kappa shape index (κ1) is 10.4. The Labute approximate surface area is 93.0 Å². The lowest BCUT2D eigenvalue weighted by molar-refractivity contribution is -0.137. The van der Waals surface area contributed by atoms with Gasteiger partial charge in [-0.15, -0.1) is 0 Å². The molecule has 0 fully saturated rings. The van der Waals surface area contributed by atoms with Gasteiger partial charge in [-0.05, 0) is 18.6 Å². The average molecular weight is 214 g/mol. The molecule has 0 spiro atoms. The van der Waals surface area contributed by atoms with Gasteiger partial charge in [-0.3, -0.25) is 4.79 Å². The van der Waals surface area contributed by atoms with Crippen LogP contribution in [0.2, 0.25) is 0 Å². The van der Waals surface area contributed by atoms with Crippen molar-refractivity contribution in [1.82, 2.24) is 0 Å². The maximum absolute atomic E-state index is 11.6. The van der Waals surface area contributed by atoms with E-state index in [1.165, 1.54) is 12.2 Å². The van der Waals surface area contributed by atoms with Crippen LogP contribution in [-0.2, 0) is 14.3 Å². The highest BCUT2D eigenvalue weighted by atomic mass is 16.5. The fraction of sp³-hybridized carbons (Fsp3) is 0.0769. The highest BCUT2D eigenvalue weighted by molar-refractivity contribution is 6.26. The van der Waals surface area contributed by atoms with Gasteiger partial charge in [0.25, 0.3) is 0 Å². The van der Waals surface area contributed by atoms with Gasteiger partial charge in [0.15, 0.2) is 5.78 Å². The smallest absolute Gasteiger partial charge is 0.347 e. The standard InChI is InChI=1S/C13H10O3/c1-9-7-12(14)11(13(15)16-9)8-10-5-3-2-4-6-10/h2-8H,1H3/b11-8+. The largest absolute Gasteiger partial charge is 0.428 e. The quantitative estimate of drug-likeness (QED) is 0.408. The third kappa shape index (κ3) is 2.08. The number of esters is 1. The van der Waals surface area contributed by atoms with Gasteiger partial charge < -0.3 is 4.74 Å². The normalized spacial score (nSPS) is 18.3. The van der Waals surface area contributed by atoms with Crippen LogP contribution in [0.15, 0.2) is 47.7 Å². The molecule has 1 aliphatic heterocycles. The Hall–Kier alpha value is -2.16. The van der Waals surface area contributed by atoms with Gasteiger partial charge in [0, 0.05) is 6.08 Å². The van der Waals surface area contributed by atoms with E-state index in [-0.39, 0.29) is 11.4 Å². The Morgan fingerprint density at radius 1 is 1.12 bits per heavy atom. The summed E-state index contributed by atoms with van der Waals surface area (Å²) in [5, 5.41) is 0. The Balaban J connectivity index is 2.38. The van der Waals surface area contributed by atoms with Gasteiger partial charge in [0.1, 0.15) is 11.3 Å². The van der Waals surface area contributed by atoms with Crippen LogP contribution in [0, 0.1) is 0 Å². The fourth-order valence-corrected chi connectivity index (χ4v) is 1.44. The minimum absolute atomic E-state index is 0.0665. The Kier molecular flexibility index (Phi) is 2.68. The molecule has 0 aromatic heterocycles. The number of hydrogen-bond acceptors (Lipinski definition) is 3. The summed E-state index contributed by atoms with van der Waals surface area (Å²) in [6, 6.07) is 9.18. The Morgan fingerprint density at radius 3 is 2.44 bits per heavy atom. The van der Waals surface area contributed by atoms with Crippen LogP contribution in [0.1, 0.15) is 12.5 Å². The lowest BCUT2D eigenvalue weighted by atomic mass is 10.1. The van der Waals surface area contributed by atoms with Crippen molar-refractivity contribution in [3.05, 3.63) is 53.3 Å². The molecule has 0 atom stereocenters. The van der Waals surface area contributed by atoms with E-state index in [4.69, 9.17) is 4.74 Å². The average Bonchev–Trinajstić information content (AvgIpc) is 2.25. The van der Waals surface area contributed by atoms with Crippen LogP contribution >= 0.6 is 0 Å². The van der Waals surface area contributed by atoms with Crippen molar-refractivity contribution in [2.45, 2.75) is 6.92 Å². The first-order valence-electron chi connectivity index (χ1n) is 4.88. The van der Waals surface area contributed by atoms with Gasteiger partial charge in [-0.2, -0.15) is 0 Å². The second-order valence-electron chi connectivity index (χ2n) is 3.48. The van der Waals surface area contributed by atoms with Crippen LogP contribution in [0.25, 0.3) is 6.08 Å². The maximum Gasteiger partial charge on any atom is 0.347 e. The van der Waals surface area contributed by atoms with Crippen molar-refractivity contribution in [2.24, 2.45) is 0 Å². The molecule has 0 unspecified atom stereocenters. The third-order valence-electron chi connectivity index (χ3n) is 2.18. The molecule has 0 amide bonds. The summed E-state index contributed by atoms with van der Waals surface area (Å²) >= 11 is 0. The fourth-order valence-electron chi connectivity index (χ4n) is 1.44. The molecule has 2 rings (SSSR count). The molecule has 0 saturated heterocycles. The van der Waals surface area contributed by atoms with E-state index in [9.17, 15) is 9.59 Å². The van der Waals surface area contributed by atoms with E-state index in [1.54, 1.807) is 6.92 Å². The maximum atomic E-state index is 11.6. The van der Waals surface area contributed by atoms with Gasteiger partial charge in [0.2, 0.25) is 0 Å². The van der Waals surface area contributed by atoms with E-state index < -0.39 is 5.97 Å². The summed E-state index contributed by atoms with van der Waals surface area (Å²) in [6.45, 7) is 1.58. The summed E-state index contributed by atoms with van der Waals surface area (Å²) in [7, 11) is 0. The molecule has 0 saturated carbocycles. The molecule has 1 aromatic carbocycles. The molecular formula is C13H10O3. The van der Waals surface area contributed by atoms with E-state index in [2.05, 4.69) is 0 Å². The van der Waals surface area contributed by atoms with E-state index in [0.29, 0.717) is 5.76 Å². The molecule has 80 valence electrons. The van der Waals surface area contributed by atoms with Crippen molar-refractivity contribution in [2.75, 3.05) is 0 Å². The van der Waals surface area contributed by atoms with Crippen LogP contribution < -0.4 is 0 Å². The van der Waals surface area contributed by atoms with E-state index in [0.717, 1.165) is 5.56 Å². The highest BCUT2D eigenvalue weighted by Crippen LogP contribution is 2.16. The molecule has 1 aliphatic rings. The first-order valence-corrected chi connectivity index (χ1v) is 4.88. The topological polar surface area (TPSA) is 43.4 Å². The summed E-state index contributed by atoms with van der Waals surface area (Å²) in [5.41, 5.74) is 0.868. The van der Waals surface area contributed by atoms with Crippen LogP contribution in [-0.4, -0.2) is 11.8 Å². The monoisotopic (exact) mass is 214 g/mol. The van der Waals surface area contributed by atoms with Gasteiger partial charge in [-0.1, -0.05) is 30.3 Å². The number of ketones is 1. The Morgan fingerprint density at radius 2 is 1.81 bits per heavy atom. The van der Waals surface area contributed by atoms with Crippen molar-refractivity contribution in [1.29, 1.82) is 0 Å². The van der Waals surface area contributed by atoms with Crippen molar-refractivity contribution in [3.8, 4) is 0 Å². The predicted molar refractivity (Wildman–Crippen MR) is 59.3 cm³/mol. The van der Waals surface area contributed by atoms with Gasteiger partial charge >= 0.3 is 5.97 Å². The van der Waals surface area contributed by atoms with Crippen molar-refractivity contribution < 1.29 is 14.3 Å². The molecule has 3 heteroatoms. The zero-order valence-corrected chi connectivity index (χ0v) is 8.77. The molecule has 3 nitrogen and oxygen atoms in total. The van der Waals surface area contributed by atoms with Crippen molar-refractivity contribution in [3.63, 3.8) is 0 Å². The molecule has 1 heterocycles. The number of ether oxygens (including phenoxy) is 1. The second-order valence-corrected chi connectivity index (χ2v) is 3.48. The molecule has 0 radical (unpaired) electrons. The second kappa shape index (κ2) is 4.14. The summed E-state index contributed by atoms with van der Waals surface area (Å²) in [5.74, 6) is -0.563. The number of carbonyl (C=O) groups is 2. The molecule has 1 aromatic rings. The number of rotatable bonds is 1. The zero-order valence-electron chi connectivity index (χ0n) is 8.77. The molecule has 0 aliphatic carbocycles. The SMILES string of the molecule is CC1=CC(=O)/C(=C\c2ccccc2)C(=O)O1. The number of hydrogen-bond donors (Lipinski definition) is 0. The summed E-state index contributed by atoms with van der Waals surface area (Å²) in [6.07, 6.45) is 2.85. The predicted octanol–water partition coefficient (Wildman–Crippen LogP) is 2.10. The lowest BCUT2D eigenvalue weighted by Crippen LogP contribution is -2.19. The van der Waals surface area contributed by atoms with Gasteiger partial charge in [-0.25, -0.2) is 4.79 Å². The summed E-state index contributed by atoms with van der Waals surface area (Å²) < 4.78 is 4.87. The van der Waals surface area contributed by atoms with Crippen LogP contribution in [0.3, 0.4) is 0 Å². The number of benzene rings is 1. The summed E-state index contributed by atoms with van der Waals surface area (Å²) in [4.78, 5) is 23.0. The van der Waals surface area contributed by atoms with Gasteiger partial charge in [0.05, 0.1) is 0 Å². The zero-order chi connectivity index (χ0) is 11.5. The Bertz CT molecular complexity index is 495. The van der Waals surface area contributed by atoms with E-state index >= 15 is 0 Å². The molecule has 0 bridgehead atoms. The minimum Gasteiger partial charge on any atom is -0.428 e. The lowest BCUT2D eigenvalue weighted by Gasteiger charge is -2.11. The van der Waals surface area contributed by atoms with Crippen LogP contribution in [0.4, 0.5) is 0 Å². The number of allylic oxidation sites excluding steroid dienone is 2. The number of cyclic esters (lactones) is 1. The van der Waals surface area contributed by atoms with Crippen LogP contribution in [0.5, 0.6) is 0 Å². The molecule has 0 N–H and O–H groups in total. The molecular weight excluding hydrogens is 204 g/mol. The van der Waals surface area contributed by atoms with E-state index in [1.807, 2.05) is 30.3 Å². The first-order chi connectivity index (χ1) is 7.66. The minimum atomic E-state index is -0.589. The third-order valence-corrected chi connectivity index (χ3v) is 2.18. The number of carbonyl (C=O) groups excluding carboxylic acids is 2.